The van der Waals surface area contributed by atoms with Crippen LogP contribution in [0, 0.1) is 5.92 Å². The van der Waals surface area contributed by atoms with E-state index in [1.807, 2.05) is 0 Å². The molecule has 0 aliphatic heterocycles. The molecule has 0 unspecified atom stereocenters. The molecule has 0 atom stereocenters. The summed E-state index contributed by atoms with van der Waals surface area (Å²) in [6.07, 6.45) is 3.72. The molecule has 1 aliphatic carbocycles. The largest absolute Gasteiger partial charge is 0.480 e. The van der Waals surface area contributed by atoms with Crippen LogP contribution in [0.3, 0.4) is 0 Å². The molecule has 0 radical (unpaired) electrons. The molecule has 4 heteroatoms. The van der Waals surface area contributed by atoms with E-state index in [1.165, 1.54) is 0 Å². The summed E-state index contributed by atoms with van der Waals surface area (Å²) in [5.74, 6) is -0.519. The maximum Gasteiger partial charge on any atom is 0.329 e. The Bertz CT molecular complexity index is 161. The average Bonchev–Trinajstić information content (AvgIpc) is 2.15. The van der Waals surface area contributed by atoms with E-state index in [2.05, 4.69) is 0 Å². The first-order valence-electron chi connectivity index (χ1n) is 4.66. The highest BCUT2D eigenvalue weighted by Crippen LogP contribution is 2.25. The second-order valence-corrected chi connectivity index (χ2v) is 3.53. The van der Waals surface area contributed by atoms with Gasteiger partial charge in [0.05, 0.1) is 6.10 Å². The van der Waals surface area contributed by atoms with Crippen molar-refractivity contribution in [3.05, 3.63) is 0 Å². The number of aliphatic hydroxyl groups excluding tert-OH is 1. The van der Waals surface area contributed by atoms with Crippen LogP contribution in [0.25, 0.3) is 0 Å². The number of aliphatic hydroxyl groups is 1. The van der Waals surface area contributed by atoms with E-state index in [4.69, 9.17) is 14.9 Å². The van der Waals surface area contributed by atoms with Crippen LogP contribution >= 0.6 is 0 Å². The number of ether oxygens (including phenoxy) is 1. The van der Waals surface area contributed by atoms with E-state index in [1.54, 1.807) is 0 Å². The van der Waals surface area contributed by atoms with Crippen LogP contribution < -0.4 is 0 Å². The maximum atomic E-state index is 10.2. The van der Waals surface area contributed by atoms with Gasteiger partial charge in [0, 0.05) is 6.61 Å². The Hall–Kier alpha value is -0.610. The normalized spacial score (nSPS) is 28.7. The second kappa shape index (κ2) is 5.19. The van der Waals surface area contributed by atoms with Crippen molar-refractivity contribution in [3.63, 3.8) is 0 Å². The summed E-state index contributed by atoms with van der Waals surface area (Å²) in [6, 6.07) is 0. The highest BCUT2D eigenvalue weighted by Gasteiger charge is 2.21. The zero-order chi connectivity index (χ0) is 9.68. The van der Waals surface area contributed by atoms with Gasteiger partial charge in [0.2, 0.25) is 0 Å². The Morgan fingerprint density at radius 1 is 1.31 bits per heavy atom. The van der Waals surface area contributed by atoms with Gasteiger partial charge in [0.1, 0.15) is 6.61 Å². The molecular formula is C9H16O4. The van der Waals surface area contributed by atoms with Gasteiger partial charge in [-0.1, -0.05) is 0 Å². The molecule has 0 bridgehead atoms. The number of aliphatic carboxylic acids is 1. The van der Waals surface area contributed by atoms with E-state index in [9.17, 15) is 4.79 Å². The summed E-state index contributed by atoms with van der Waals surface area (Å²) in [5.41, 5.74) is 0. The number of hydrogen-bond acceptors (Lipinski definition) is 3. The van der Waals surface area contributed by atoms with Gasteiger partial charge in [-0.2, -0.15) is 0 Å². The fourth-order valence-corrected chi connectivity index (χ4v) is 1.67. The van der Waals surface area contributed by atoms with E-state index < -0.39 is 5.97 Å². The Labute approximate surface area is 77.5 Å². The Kier molecular flexibility index (Phi) is 4.18. The standard InChI is InChI=1S/C9H16O4/c10-5-7-1-3-8(4-2-7)13-6-9(11)12/h7-8,10H,1-6H2,(H,11,12). The highest BCUT2D eigenvalue weighted by atomic mass is 16.5. The minimum absolute atomic E-state index is 0.0823. The first kappa shape index (κ1) is 10.5. The summed E-state index contributed by atoms with van der Waals surface area (Å²) in [4.78, 5) is 10.2. The number of rotatable bonds is 4. The van der Waals surface area contributed by atoms with Crippen molar-refractivity contribution in [1.29, 1.82) is 0 Å². The van der Waals surface area contributed by atoms with Gasteiger partial charge >= 0.3 is 5.97 Å². The molecular weight excluding hydrogens is 172 g/mol. The molecule has 0 aromatic rings. The molecule has 1 saturated carbocycles. The molecule has 4 nitrogen and oxygen atoms in total. The molecule has 0 aromatic carbocycles. The second-order valence-electron chi connectivity index (χ2n) is 3.53. The first-order valence-corrected chi connectivity index (χ1v) is 4.66. The van der Waals surface area contributed by atoms with Gasteiger partial charge in [-0.15, -0.1) is 0 Å². The minimum atomic E-state index is -0.913. The van der Waals surface area contributed by atoms with Crippen LogP contribution in [0.15, 0.2) is 0 Å². The zero-order valence-corrected chi connectivity index (χ0v) is 7.61. The Balaban J connectivity index is 2.14. The molecule has 13 heavy (non-hydrogen) atoms. The molecule has 0 aromatic heterocycles. The predicted molar refractivity (Wildman–Crippen MR) is 46.4 cm³/mol. The van der Waals surface area contributed by atoms with Crippen LogP contribution in [0.4, 0.5) is 0 Å². The fraction of sp³-hybridized carbons (Fsp3) is 0.889. The van der Waals surface area contributed by atoms with E-state index in [-0.39, 0.29) is 19.3 Å². The predicted octanol–water partition coefficient (Wildman–Crippen LogP) is 0.639. The van der Waals surface area contributed by atoms with Gasteiger partial charge in [0.15, 0.2) is 0 Å². The molecule has 0 saturated heterocycles. The summed E-state index contributed by atoms with van der Waals surface area (Å²) < 4.78 is 5.16. The van der Waals surface area contributed by atoms with Gasteiger partial charge in [-0.25, -0.2) is 4.79 Å². The average molecular weight is 188 g/mol. The third kappa shape index (κ3) is 3.74. The third-order valence-corrected chi connectivity index (χ3v) is 2.49. The van der Waals surface area contributed by atoms with Crippen molar-refractivity contribution in [2.75, 3.05) is 13.2 Å². The van der Waals surface area contributed by atoms with E-state index in [0.717, 1.165) is 25.7 Å². The Morgan fingerprint density at radius 2 is 1.92 bits per heavy atom. The molecule has 76 valence electrons. The van der Waals surface area contributed by atoms with Crippen LogP contribution in [-0.4, -0.2) is 35.5 Å². The maximum absolute atomic E-state index is 10.2. The van der Waals surface area contributed by atoms with Gasteiger partial charge in [-0.3, -0.25) is 0 Å². The van der Waals surface area contributed by atoms with Crippen molar-refractivity contribution in [3.8, 4) is 0 Å². The number of carbonyl (C=O) groups is 1. The minimum Gasteiger partial charge on any atom is -0.480 e. The molecule has 0 amide bonds. The molecule has 1 fully saturated rings. The van der Waals surface area contributed by atoms with Crippen molar-refractivity contribution < 1.29 is 19.7 Å². The molecule has 0 heterocycles. The molecule has 1 rings (SSSR count). The molecule has 1 aliphatic rings. The van der Waals surface area contributed by atoms with Crippen molar-refractivity contribution >= 4 is 5.97 Å². The lowest BCUT2D eigenvalue weighted by Gasteiger charge is -2.26. The van der Waals surface area contributed by atoms with Crippen LogP contribution in [0.2, 0.25) is 0 Å². The van der Waals surface area contributed by atoms with Gasteiger partial charge in [-0.05, 0) is 31.6 Å². The Morgan fingerprint density at radius 3 is 2.38 bits per heavy atom. The van der Waals surface area contributed by atoms with Gasteiger partial charge < -0.3 is 14.9 Å². The number of hydrogen-bond donors (Lipinski definition) is 2. The lowest BCUT2D eigenvalue weighted by atomic mass is 9.88. The van der Waals surface area contributed by atoms with Crippen LogP contribution in [0.1, 0.15) is 25.7 Å². The number of carboxylic acid groups (broad SMARTS) is 1. The highest BCUT2D eigenvalue weighted by molar-refractivity contribution is 5.68. The van der Waals surface area contributed by atoms with Crippen LogP contribution in [0.5, 0.6) is 0 Å². The summed E-state index contributed by atoms with van der Waals surface area (Å²) in [6.45, 7) is 0.0418. The lowest BCUT2D eigenvalue weighted by Crippen LogP contribution is -2.25. The monoisotopic (exact) mass is 188 g/mol. The first-order chi connectivity index (χ1) is 6.22. The lowest BCUT2D eigenvalue weighted by molar-refractivity contribution is -0.145. The van der Waals surface area contributed by atoms with E-state index in [0.29, 0.717) is 5.92 Å². The van der Waals surface area contributed by atoms with Crippen molar-refractivity contribution in [2.24, 2.45) is 5.92 Å². The van der Waals surface area contributed by atoms with Gasteiger partial charge in [0.25, 0.3) is 0 Å². The topological polar surface area (TPSA) is 66.8 Å². The summed E-state index contributed by atoms with van der Waals surface area (Å²) >= 11 is 0. The van der Waals surface area contributed by atoms with Crippen molar-refractivity contribution in [2.45, 2.75) is 31.8 Å². The van der Waals surface area contributed by atoms with E-state index >= 15 is 0 Å². The van der Waals surface area contributed by atoms with Crippen molar-refractivity contribution in [1.82, 2.24) is 0 Å². The molecule has 2 N–H and O–H groups in total. The van der Waals surface area contributed by atoms with Crippen LogP contribution in [-0.2, 0) is 9.53 Å². The molecule has 0 spiro atoms. The number of carboxylic acids is 1. The quantitative estimate of drug-likeness (QED) is 0.679. The fourth-order valence-electron chi connectivity index (χ4n) is 1.67. The summed E-state index contributed by atoms with van der Waals surface area (Å²) in [7, 11) is 0. The zero-order valence-electron chi connectivity index (χ0n) is 7.61. The third-order valence-electron chi connectivity index (χ3n) is 2.49. The smallest absolute Gasteiger partial charge is 0.329 e. The SMILES string of the molecule is O=C(O)COC1CCC(CO)CC1. The summed E-state index contributed by atoms with van der Waals surface area (Å²) in [5, 5.41) is 17.2.